The highest BCUT2D eigenvalue weighted by molar-refractivity contribution is 6.10. The molecule has 2 saturated carbocycles. The molecular weight excluding hydrogens is 396 g/mol. The molecule has 1 heterocycles. The third kappa shape index (κ3) is 3.09. The first kappa shape index (κ1) is 20.0. The van der Waals surface area contributed by atoms with Crippen molar-refractivity contribution < 1.29 is 23.9 Å². The first-order chi connectivity index (χ1) is 14.8. The van der Waals surface area contributed by atoms with E-state index in [-0.39, 0.29) is 41.6 Å². The summed E-state index contributed by atoms with van der Waals surface area (Å²) in [6.45, 7) is 5.14. The quantitative estimate of drug-likeness (QED) is 0.447. The van der Waals surface area contributed by atoms with Gasteiger partial charge in [0.05, 0.1) is 23.5 Å². The molecule has 1 saturated heterocycles. The van der Waals surface area contributed by atoms with Gasteiger partial charge in [-0.2, -0.15) is 0 Å². The maximum atomic E-state index is 13.1. The summed E-state index contributed by atoms with van der Waals surface area (Å²) in [6, 6.07) is 5.45. The molecule has 0 unspecified atom stereocenters. The van der Waals surface area contributed by atoms with Crippen molar-refractivity contribution in [3.8, 4) is 0 Å². The second-order valence-corrected chi connectivity index (χ2v) is 9.40. The van der Waals surface area contributed by atoms with Crippen LogP contribution in [0.4, 0.5) is 5.69 Å². The number of ether oxygens (including phenoxy) is 1. The first-order valence-electron chi connectivity index (χ1n) is 10.9. The number of benzene rings is 1. The number of rotatable bonds is 5. The lowest BCUT2D eigenvalue weighted by atomic mass is 9.63. The molecule has 162 valence electrons. The zero-order chi connectivity index (χ0) is 22.0. The number of carbonyl (C=O) groups excluding carboxylic acids is 4. The molecular formula is C24H26N2O5. The van der Waals surface area contributed by atoms with E-state index >= 15 is 0 Å². The van der Waals surface area contributed by atoms with E-state index in [0.29, 0.717) is 23.1 Å². The lowest BCUT2D eigenvalue weighted by molar-refractivity contribution is -0.146. The fraction of sp³-hybridized carbons (Fsp3) is 0.500. The Morgan fingerprint density at radius 1 is 0.968 bits per heavy atom. The number of esters is 1. The van der Waals surface area contributed by atoms with Crippen molar-refractivity contribution in [2.75, 3.05) is 5.32 Å². The summed E-state index contributed by atoms with van der Waals surface area (Å²) in [5.74, 6) is -0.592. The van der Waals surface area contributed by atoms with Gasteiger partial charge in [-0.15, -0.1) is 0 Å². The van der Waals surface area contributed by atoms with Crippen LogP contribution >= 0.6 is 0 Å². The van der Waals surface area contributed by atoms with E-state index in [2.05, 4.69) is 17.5 Å². The normalized spacial score (nSPS) is 33.2. The Labute approximate surface area is 180 Å². The molecule has 7 heteroatoms. The van der Waals surface area contributed by atoms with Crippen LogP contribution in [0.25, 0.3) is 0 Å². The molecule has 6 rings (SSSR count). The number of allylic oxidation sites excluding steroid dienone is 2. The molecule has 1 aromatic rings. The number of carbonyl (C=O) groups is 4. The van der Waals surface area contributed by atoms with Gasteiger partial charge >= 0.3 is 5.97 Å². The largest absolute Gasteiger partial charge is 0.459 e. The molecule has 7 nitrogen and oxygen atoms in total. The molecule has 7 atom stereocenters. The number of hydrogen-bond acceptors (Lipinski definition) is 5. The number of amides is 3. The Morgan fingerprint density at radius 3 is 2.03 bits per heavy atom. The Balaban J connectivity index is 1.27. The van der Waals surface area contributed by atoms with Crippen molar-refractivity contribution in [3.63, 3.8) is 0 Å². The maximum Gasteiger partial charge on any atom is 0.338 e. The van der Waals surface area contributed by atoms with Gasteiger partial charge in [0.2, 0.25) is 17.7 Å². The Hall–Kier alpha value is -2.96. The lowest BCUT2D eigenvalue weighted by Gasteiger charge is -2.37. The molecule has 2 bridgehead atoms. The third-order valence-electron chi connectivity index (χ3n) is 7.19. The third-order valence-corrected chi connectivity index (χ3v) is 7.19. The summed E-state index contributed by atoms with van der Waals surface area (Å²) in [4.78, 5) is 52.3. The van der Waals surface area contributed by atoms with Gasteiger partial charge < -0.3 is 10.1 Å². The van der Waals surface area contributed by atoms with Crippen molar-refractivity contribution >= 4 is 29.4 Å². The van der Waals surface area contributed by atoms with Crippen LogP contribution in [0, 0.1) is 35.5 Å². The highest BCUT2D eigenvalue weighted by atomic mass is 16.5. The Morgan fingerprint density at radius 2 is 1.52 bits per heavy atom. The van der Waals surface area contributed by atoms with Crippen LogP contribution < -0.4 is 5.32 Å². The highest BCUT2D eigenvalue weighted by Crippen LogP contribution is 2.65. The molecule has 3 amide bonds. The second kappa shape index (κ2) is 7.04. The van der Waals surface area contributed by atoms with Crippen LogP contribution in [0.2, 0.25) is 0 Å². The summed E-state index contributed by atoms with van der Waals surface area (Å²) in [6.07, 6.45) is 5.12. The minimum absolute atomic E-state index is 0.134. The summed E-state index contributed by atoms with van der Waals surface area (Å²) in [5, 5.41) is 2.75. The molecule has 5 aliphatic rings. The number of hydrogen-bond donors (Lipinski definition) is 1. The standard InChI is InChI=1S/C24H26N2O5/c1-11(2)31-24(30)13-4-6-14(7-5-13)25-21(27)12(3)26-22(28)19-15-8-9-16(18-10-17(15)18)20(19)23(26)29/h4-9,11-12,15-20H,10H2,1-3H3,(H,25,27)/t12-,15-,16-,17-,18+,19-,20+/m0/s1. The molecule has 1 aliphatic heterocycles. The Kier molecular flexibility index (Phi) is 4.53. The zero-order valence-electron chi connectivity index (χ0n) is 17.8. The van der Waals surface area contributed by atoms with Crippen LogP contribution in [-0.2, 0) is 19.1 Å². The summed E-state index contributed by atoms with van der Waals surface area (Å²) in [7, 11) is 0. The average Bonchev–Trinajstić information content (AvgIpc) is 3.51. The number of nitrogens with zero attached hydrogens (tertiary/aromatic N) is 1. The maximum absolute atomic E-state index is 13.1. The van der Waals surface area contributed by atoms with Crippen molar-refractivity contribution in [1.29, 1.82) is 0 Å². The van der Waals surface area contributed by atoms with E-state index in [1.807, 2.05) is 0 Å². The Bertz CT molecular complexity index is 962. The monoisotopic (exact) mass is 422 g/mol. The van der Waals surface area contributed by atoms with Crippen molar-refractivity contribution in [2.45, 2.75) is 39.3 Å². The summed E-state index contributed by atoms with van der Waals surface area (Å²) >= 11 is 0. The number of anilines is 1. The van der Waals surface area contributed by atoms with Gasteiger partial charge in [-0.1, -0.05) is 12.2 Å². The predicted molar refractivity (Wildman–Crippen MR) is 112 cm³/mol. The molecule has 0 aromatic heterocycles. The number of imide groups is 1. The van der Waals surface area contributed by atoms with E-state index in [1.165, 1.54) is 4.90 Å². The van der Waals surface area contributed by atoms with E-state index in [1.54, 1.807) is 45.0 Å². The van der Waals surface area contributed by atoms with Gasteiger partial charge in [0.1, 0.15) is 6.04 Å². The first-order valence-corrected chi connectivity index (χ1v) is 10.9. The van der Waals surface area contributed by atoms with Crippen LogP contribution in [0.1, 0.15) is 37.6 Å². The average molecular weight is 422 g/mol. The van der Waals surface area contributed by atoms with Gasteiger partial charge in [0, 0.05) is 5.69 Å². The zero-order valence-corrected chi connectivity index (χ0v) is 17.8. The molecule has 31 heavy (non-hydrogen) atoms. The van der Waals surface area contributed by atoms with Gasteiger partial charge in [0.15, 0.2) is 0 Å². The second-order valence-electron chi connectivity index (χ2n) is 9.40. The van der Waals surface area contributed by atoms with Crippen molar-refractivity contribution in [3.05, 3.63) is 42.0 Å². The minimum atomic E-state index is -0.896. The minimum Gasteiger partial charge on any atom is -0.459 e. The van der Waals surface area contributed by atoms with E-state index in [9.17, 15) is 19.2 Å². The fourth-order valence-electron chi connectivity index (χ4n) is 5.70. The van der Waals surface area contributed by atoms with Crippen molar-refractivity contribution in [2.24, 2.45) is 35.5 Å². The summed E-state index contributed by atoms with van der Waals surface area (Å²) in [5.41, 5.74) is 0.868. The molecule has 1 aromatic carbocycles. The molecule has 0 radical (unpaired) electrons. The lowest BCUT2D eigenvalue weighted by Crippen LogP contribution is -2.46. The SMILES string of the molecule is CC(C)OC(=O)c1ccc(NC(=O)[C@H](C)N2C(=O)[C@@H]3[C@H]4C=C[C@@H]([C@@H]5C[C@H]45)[C@@H]3C2=O)cc1. The molecule has 1 N–H and O–H groups in total. The van der Waals surface area contributed by atoms with Crippen molar-refractivity contribution in [1.82, 2.24) is 4.90 Å². The topological polar surface area (TPSA) is 92.8 Å². The van der Waals surface area contributed by atoms with Crippen LogP contribution in [-0.4, -0.2) is 40.7 Å². The highest BCUT2D eigenvalue weighted by Gasteiger charge is 2.67. The molecule has 0 spiro atoms. The number of likely N-dealkylation sites (tertiary alicyclic amines) is 1. The van der Waals surface area contributed by atoms with Gasteiger partial charge in [-0.05, 0) is 75.1 Å². The van der Waals surface area contributed by atoms with E-state index in [0.717, 1.165) is 6.42 Å². The summed E-state index contributed by atoms with van der Waals surface area (Å²) < 4.78 is 5.15. The van der Waals surface area contributed by atoms with Crippen LogP contribution in [0.5, 0.6) is 0 Å². The predicted octanol–water partition coefficient (Wildman–Crippen LogP) is 2.63. The molecule has 3 fully saturated rings. The van der Waals surface area contributed by atoms with Gasteiger partial charge in [-0.25, -0.2) is 4.79 Å². The van der Waals surface area contributed by atoms with Gasteiger partial charge in [-0.3, -0.25) is 19.3 Å². The van der Waals surface area contributed by atoms with Gasteiger partial charge in [0.25, 0.3) is 0 Å². The fourth-order valence-corrected chi connectivity index (χ4v) is 5.70. The van der Waals surface area contributed by atoms with E-state index in [4.69, 9.17) is 4.74 Å². The smallest absolute Gasteiger partial charge is 0.338 e. The number of nitrogens with one attached hydrogen (secondary N) is 1. The van der Waals surface area contributed by atoms with E-state index < -0.39 is 17.9 Å². The molecule has 4 aliphatic carbocycles. The van der Waals surface area contributed by atoms with Crippen LogP contribution in [0.3, 0.4) is 0 Å². The van der Waals surface area contributed by atoms with Crippen LogP contribution in [0.15, 0.2) is 36.4 Å².